The molecule has 0 aliphatic heterocycles. The summed E-state index contributed by atoms with van der Waals surface area (Å²) in [5.41, 5.74) is 2.10. The minimum Gasteiger partial charge on any atom is -0.493 e. The van der Waals surface area contributed by atoms with E-state index in [0.29, 0.717) is 28.4 Å². The summed E-state index contributed by atoms with van der Waals surface area (Å²) in [6.45, 7) is 0.261. The number of hydrogen-bond acceptors (Lipinski definition) is 5. The molecule has 2 aromatic carbocycles. The lowest BCUT2D eigenvalue weighted by atomic mass is 9.99. The van der Waals surface area contributed by atoms with Gasteiger partial charge in [0, 0.05) is 12.7 Å². The second kappa shape index (κ2) is 8.79. The molecule has 0 radical (unpaired) electrons. The Bertz CT molecular complexity index is 835. The number of rotatable bonds is 6. The van der Waals surface area contributed by atoms with Gasteiger partial charge in [-0.25, -0.2) is 4.79 Å². The molecule has 6 heteroatoms. The summed E-state index contributed by atoms with van der Waals surface area (Å²) in [6, 6.07) is 8.41. The number of benzene rings is 2. The lowest BCUT2D eigenvalue weighted by molar-refractivity contribution is 0.0697. The van der Waals surface area contributed by atoms with E-state index in [-0.39, 0.29) is 12.2 Å². The van der Waals surface area contributed by atoms with Gasteiger partial charge in [0.05, 0.1) is 26.9 Å². The van der Waals surface area contributed by atoms with Gasteiger partial charge in [-0.1, -0.05) is 11.8 Å². The van der Waals surface area contributed by atoms with Crippen LogP contribution in [0.15, 0.2) is 30.3 Å². The van der Waals surface area contributed by atoms with E-state index in [1.807, 2.05) is 0 Å². The molecule has 2 rings (SSSR count). The average Bonchev–Trinajstić information content (AvgIpc) is 2.66. The highest BCUT2D eigenvalue weighted by atomic mass is 16.5. The number of carboxylic acid groups (broad SMARTS) is 1. The maximum absolute atomic E-state index is 11.5. The molecule has 0 aliphatic rings. The van der Waals surface area contributed by atoms with Crippen LogP contribution >= 0.6 is 0 Å². The largest absolute Gasteiger partial charge is 0.493 e. The monoisotopic (exact) mass is 356 g/mol. The molecule has 6 nitrogen and oxygen atoms in total. The fourth-order valence-electron chi connectivity index (χ4n) is 2.45. The first kappa shape index (κ1) is 19.2. The molecule has 2 aromatic rings. The van der Waals surface area contributed by atoms with Gasteiger partial charge in [0.1, 0.15) is 6.61 Å². The third-order valence-electron chi connectivity index (χ3n) is 3.63. The minimum atomic E-state index is -1.03. The van der Waals surface area contributed by atoms with Crippen LogP contribution < -0.4 is 14.2 Å². The van der Waals surface area contributed by atoms with Crippen molar-refractivity contribution in [2.45, 2.75) is 0 Å². The first-order chi connectivity index (χ1) is 12.5. The number of carbonyl (C=O) groups is 1. The molecule has 0 fully saturated rings. The Morgan fingerprint density at radius 1 is 0.923 bits per heavy atom. The summed E-state index contributed by atoms with van der Waals surface area (Å²) < 4.78 is 21.0. The van der Waals surface area contributed by atoms with Crippen LogP contribution in [-0.4, -0.2) is 46.1 Å². The molecule has 0 saturated heterocycles. The lowest BCUT2D eigenvalue weighted by Crippen LogP contribution is -1.99. The predicted molar refractivity (Wildman–Crippen MR) is 97.2 cm³/mol. The maximum atomic E-state index is 11.5. The molecule has 26 heavy (non-hydrogen) atoms. The third-order valence-corrected chi connectivity index (χ3v) is 3.63. The SMILES string of the molecule is COCC#Cc1cc(C(=O)O)cc(-c2cc(OC)c(OC)c(OC)c2)c1. The van der Waals surface area contributed by atoms with E-state index >= 15 is 0 Å². The molecule has 0 aliphatic carbocycles. The molecule has 0 atom stereocenters. The fraction of sp³-hybridized carbons (Fsp3) is 0.250. The summed E-state index contributed by atoms with van der Waals surface area (Å²) >= 11 is 0. The molecular formula is C20H20O6. The van der Waals surface area contributed by atoms with Crippen LogP contribution in [0.1, 0.15) is 15.9 Å². The normalized spacial score (nSPS) is 9.85. The van der Waals surface area contributed by atoms with Crippen LogP contribution in [0.3, 0.4) is 0 Å². The van der Waals surface area contributed by atoms with Crippen molar-refractivity contribution in [3.8, 4) is 40.2 Å². The summed E-state index contributed by atoms with van der Waals surface area (Å²) in [7, 11) is 6.12. The van der Waals surface area contributed by atoms with E-state index in [9.17, 15) is 9.90 Å². The minimum absolute atomic E-state index is 0.137. The second-order valence-electron chi connectivity index (χ2n) is 5.25. The lowest BCUT2D eigenvalue weighted by Gasteiger charge is -2.14. The first-order valence-corrected chi connectivity index (χ1v) is 7.70. The number of hydrogen-bond donors (Lipinski definition) is 1. The third kappa shape index (κ3) is 4.26. The van der Waals surface area contributed by atoms with Gasteiger partial charge in [0.15, 0.2) is 11.5 Å². The Morgan fingerprint density at radius 3 is 2.04 bits per heavy atom. The van der Waals surface area contributed by atoms with Crippen molar-refractivity contribution in [3.05, 3.63) is 41.5 Å². The van der Waals surface area contributed by atoms with Gasteiger partial charge in [-0.15, -0.1) is 0 Å². The average molecular weight is 356 g/mol. The first-order valence-electron chi connectivity index (χ1n) is 7.70. The Labute approximate surface area is 152 Å². The van der Waals surface area contributed by atoms with Crippen molar-refractivity contribution in [1.82, 2.24) is 0 Å². The molecule has 0 spiro atoms. The second-order valence-corrected chi connectivity index (χ2v) is 5.25. The molecular weight excluding hydrogens is 336 g/mol. The Kier molecular flexibility index (Phi) is 6.48. The number of carboxylic acids is 1. The molecule has 0 bridgehead atoms. The molecule has 0 saturated carbocycles. The van der Waals surface area contributed by atoms with Crippen LogP contribution in [0.25, 0.3) is 11.1 Å². The van der Waals surface area contributed by atoms with Crippen molar-refractivity contribution < 1.29 is 28.8 Å². The van der Waals surface area contributed by atoms with Crippen molar-refractivity contribution in [3.63, 3.8) is 0 Å². The Hall–Kier alpha value is -3.17. The number of ether oxygens (including phenoxy) is 4. The van der Waals surface area contributed by atoms with E-state index in [1.54, 1.807) is 31.4 Å². The van der Waals surface area contributed by atoms with Gasteiger partial charge in [-0.2, -0.15) is 0 Å². The van der Waals surface area contributed by atoms with Gasteiger partial charge in [0.25, 0.3) is 0 Å². The van der Waals surface area contributed by atoms with Crippen LogP contribution in [0.2, 0.25) is 0 Å². The Balaban J connectivity index is 2.63. The molecule has 136 valence electrons. The van der Waals surface area contributed by atoms with E-state index in [4.69, 9.17) is 18.9 Å². The topological polar surface area (TPSA) is 74.2 Å². The molecule has 0 heterocycles. The van der Waals surface area contributed by atoms with Gasteiger partial charge in [-0.05, 0) is 41.5 Å². The van der Waals surface area contributed by atoms with Gasteiger partial charge in [-0.3, -0.25) is 0 Å². The smallest absolute Gasteiger partial charge is 0.335 e. The zero-order valence-electron chi connectivity index (χ0n) is 15.1. The van der Waals surface area contributed by atoms with E-state index in [0.717, 1.165) is 5.56 Å². The highest BCUT2D eigenvalue weighted by Crippen LogP contribution is 2.41. The van der Waals surface area contributed by atoms with Gasteiger partial charge in [0.2, 0.25) is 5.75 Å². The summed E-state index contributed by atoms with van der Waals surface area (Å²) in [4.78, 5) is 11.5. The highest BCUT2D eigenvalue weighted by molar-refractivity contribution is 5.90. The zero-order valence-corrected chi connectivity index (χ0v) is 15.1. The maximum Gasteiger partial charge on any atom is 0.335 e. The zero-order chi connectivity index (χ0) is 19.1. The van der Waals surface area contributed by atoms with E-state index in [2.05, 4.69) is 11.8 Å². The van der Waals surface area contributed by atoms with Crippen molar-refractivity contribution in [2.24, 2.45) is 0 Å². The van der Waals surface area contributed by atoms with E-state index < -0.39 is 5.97 Å². The standard InChI is InChI=1S/C20H20O6/c1-23-7-5-6-13-8-14(10-16(9-13)20(21)22)15-11-17(24-2)19(26-4)18(12-15)25-3/h8-12H,7H2,1-4H3,(H,21,22). The van der Waals surface area contributed by atoms with Crippen molar-refractivity contribution in [1.29, 1.82) is 0 Å². The number of methoxy groups -OCH3 is 4. The summed E-state index contributed by atoms with van der Waals surface area (Å²) in [5, 5.41) is 9.39. The molecule has 0 aromatic heterocycles. The Morgan fingerprint density at radius 2 is 1.54 bits per heavy atom. The molecule has 1 N–H and O–H groups in total. The van der Waals surface area contributed by atoms with Crippen molar-refractivity contribution in [2.75, 3.05) is 35.0 Å². The van der Waals surface area contributed by atoms with Crippen LogP contribution in [0.5, 0.6) is 17.2 Å². The van der Waals surface area contributed by atoms with Crippen molar-refractivity contribution >= 4 is 5.97 Å². The highest BCUT2D eigenvalue weighted by Gasteiger charge is 2.15. The quantitative estimate of drug-likeness (QED) is 0.802. The number of aromatic carboxylic acids is 1. The van der Waals surface area contributed by atoms with Crippen LogP contribution in [-0.2, 0) is 4.74 Å². The van der Waals surface area contributed by atoms with E-state index in [1.165, 1.54) is 27.4 Å². The molecule has 0 amide bonds. The molecule has 0 unspecified atom stereocenters. The van der Waals surface area contributed by atoms with Gasteiger partial charge >= 0.3 is 5.97 Å². The van der Waals surface area contributed by atoms with Gasteiger partial charge < -0.3 is 24.1 Å². The summed E-state index contributed by atoms with van der Waals surface area (Å²) in [5.74, 6) is 6.13. The predicted octanol–water partition coefficient (Wildman–Crippen LogP) is 3.08. The van der Waals surface area contributed by atoms with Crippen LogP contribution in [0.4, 0.5) is 0 Å². The summed E-state index contributed by atoms with van der Waals surface area (Å²) in [6.07, 6.45) is 0. The van der Waals surface area contributed by atoms with Crippen LogP contribution in [0, 0.1) is 11.8 Å². The fourth-order valence-corrected chi connectivity index (χ4v) is 2.45.